The van der Waals surface area contributed by atoms with Gasteiger partial charge >= 0.3 is 0 Å². The van der Waals surface area contributed by atoms with E-state index in [9.17, 15) is 0 Å². The van der Waals surface area contributed by atoms with Crippen molar-refractivity contribution in [2.75, 3.05) is 18.1 Å². The minimum absolute atomic E-state index is 0.657. The molecule has 0 radical (unpaired) electrons. The number of nitrogens with zero attached hydrogens (tertiary/aromatic N) is 1. The van der Waals surface area contributed by atoms with Crippen LogP contribution in [0, 0.1) is 0 Å². The van der Waals surface area contributed by atoms with Crippen molar-refractivity contribution >= 4 is 11.8 Å². The van der Waals surface area contributed by atoms with Crippen LogP contribution < -0.4 is 0 Å². The van der Waals surface area contributed by atoms with Crippen LogP contribution in [0.4, 0.5) is 0 Å². The summed E-state index contributed by atoms with van der Waals surface area (Å²) in [4.78, 5) is 2.52. The van der Waals surface area contributed by atoms with E-state index in [4.69, 9.17) is 0 Å². The van der Waals surface area contributed by atoms with E-state index in [1.807, 2.05) is 17.8 Å². The summed E-state index contributed by atoms with van der Waals surface area (Å²) >= 11 is 1.96. The van der Waals surface area contributed by atoms with Gasteiger partial charge in [-0.25, -0.2) is 0 Å². The van der Waals surface area contributed by atoms with Gasteiger partial charge in [0.05, 0.1) is 0 Å². The first-order valence-corrected chi connectivity index (χ1v) is 6.19. The fourth-order valence-electron chi connectivity index (χ4n) is 1.45. The van der Waals surface area contributed by atoms with Crippen molar-refractivity contribution in [2.45, 2.75) is 39.8 Å². The Hall–Kier alpha value is 0.0500. The maximum atomic E-state index is 3.71. The Balaban J connectivity index is 3.63. The van der Waals surface area contributed by atoms with Crippen LogP contribution in [0.25, 0.3) is 0 Å². The molecule has 1 nitrogen and oxygen atoms in total. The smallest absolute Gasteiger partial charge is 0.0111 e. The summed E-state index contributed by atoms with van der Waals surface area (Å²) in [5.74, 6) is 2.28. The molecule has 0 aliphatic rings. The summed E-state index contributed by atoms with van der Waals surface area (Å²) in [6.07, 6.45) is 1.97. The van der Waals surface area contributed by atoms with Gasteiger partial charge in [0.15, 0.2) is 0 Å². The maximum absolute atomic E-state index is 3.71. The lowest BCUT2D eigenvalue weighted by Gasteiger charge is -2.30. The van der Waals surface area contributed by atoms with E-state index in [2.05, 4.69) is 39.2 Å². The zero-order chi connectivity index (χ0) is 10.3. The van der Waals surface area contributed by atoms with Crippen LogP contribution >= 0.6 is 11.8 Å². The third-order valence-corrected chi connectivity index (χ3v) is 3.00. The van der Waals surface area contributed by atoms with Crippen LogP contribution in [0.2, 0.25) is 0 Å². The van der Waals surface area contributed by atoms with Crippen molar-refractivity contribution < 1.29 is 0 Å². The molecule has 0 saturated heterocycles. The summed E-state index contributed by atoms with van der Waals surface area (Å²) < 4.78 is 0. The van der Waals surface area contributed by atoms with Gasteiger partial charge in [-0.1, -0.05) is 6.08 Å². The van der Waals surface area contributed by atoms with Gasteiger partial charge in [0, 0.05) is 30.1 Å². The van der Waals surface area contributed by atoms with Crippen LogP contribution in [-0.4, -0.2) is 35.0 Å². The SMILES string of the molecule is C=CCSCCN(C(C)C)C(C)C. The molecule has 0 aliphatic heterocycles. The molecule has 2 heteroatoms. The van der Waals surface area contributed by atoms with Gasteiger partial charge in [-0.15, -0.1) is 6.58 Å². The largest absolute Gasteiger partial charge is 0.298 e. The maximum Gasteiger partial charge on any atom is 0.0111 e. The van der Waals surface area contributed by atoms with Crippen molar-refractivity contribution in [3.05, 3.63) is 12.7 Å². The monoisotopic (exact) mass is 201 g/mol. The number of rotatable bonds is 7. The fourth-order valence-corrected chi connectivity index (χ4v) is 2.12. The first-order chi connectivity index (χ1) is 6.09. The molecule has 0 N–H and O–H groups in total. The summed E-state index contributed by atoms with van der Waals surface area (Å²) in [5, 5.41) is 0. The Morgan fingerprint density at radius 3 is 2.15 bits per heavy atom. The van der Waals surface area contributed by atoms with Crippen molar-refractivity contribution in [1.29, 1.82) is 0 Å². The van der Waals surface area contributed by atoms with Crippen LogP contribution in [-0.2, 0) is 0 Å². The lowest BCUT2D eigenvalue weighted by Crippen LogP contribution is -2.38. The lowest BCUT2D eigenvalue weighted by molar-refractivity contribution is 0.187. The van der Waals surface area contributed by atoms with Gasteiger partial charge in [-0.3, -0.25) is 4.90 Å². The normalized spacial score (nSPS) is 11.6. The number of hydrogen-bond acceptors (Lipinski definition) is 2. The first kappa shape index (κ1) is 13.1. The fraction of sp³-hybridized carbons (Fsp3) is 0.818. The summed E-state index contributed by atoms with van der Waals surface area (Å²) in [5.41, 5.74) is 0. The lowest BCUT2D eigenvalue weighted by atomic mass is 10.2. The van der Waals surface area contributed by atoms with Crippen LogP contribution in [0.1, 0.15) is 27.7 Å². The molecule has 0 fully saturated rings. The van der Waals surface area contributed by atoms with E-state index < -0.39 is 0 Å². The second-order valence-corrected chi connectivity index (χ2v) is 4.94. The van der Waals surface area contributed by atoms with E-state index in [0.29, 0.717) is 12.1 Å². The molecule has 0 spiro atoms. The molecule has 0 atom stereocenters. The minimum atomic E-state index is 0.657. The molecule has 0 aromatic rings. The van der Waals surface area contributed by atoms with E-state index in [1.165, 1.54) is 12.3 Å². The molecule has 0 bridgehead atoms. The molecule has 0 aromatic carbocycles. The van der Waals surface area contributed by atoms with E-state index in [1.54, 1.807) is 0 Å². The first-order valence-electron chi connectivity index (χ1n) is 5.04. The highest BCUT2D eigenvalue weighted by Crippen LogP contribution is 2.07. The zero-order valence-corrected chi connectivity index (χ0v) is 10.2. The van der Waals surface area contributed by atoms with Crippen molar-refractivity contribution in [3.8, 4) is 0 Å². The quantitative estimate of drug-likeness (QED) is 0.460. The molecule has 0 heterocycles. The van der Waals surface area contributed by atoms with Crippen LogP contribution in [0.3, 0.4) is 0 Å². The molecule has 78 valence electrons. The predicted octanol–water partition coefficient (Wildman–Crippen LogP) is 3.02. The second-order valence-electron chi connectivity index (χ2n) is 3.79. The van der Waals surface area contributed by atoms with Crippen LogP contribution in [0.5, 0.6) is 0 Å². The Kier molecular flexibility index (Phi) is 7.48. The highest BCUT2D eigenvalue weighted by molar-refractivity contribution is 7.99. The molecule has 13 heavy (non-hydrogen) atoms. The minimum Gasteiger partial charge on any atom is -0.298 e. The van der Waals surface area contributed by atoms with Gasteiger partial charge in [0.25, 0.3) is 0 Å². The van der Waals surface area contributed by atoms with Gasteiger partial charge < -0.3 is 0 Å². The molecule has 0 unspecified atom stereocenters. The Morgan fingerprint density at radius 1 is 1.23 bits per heavy atom. The molecule has 0 saturated carbocycles. The van der Waals surface area contributed by atoms with Crippen LogP contribution in [0.15, 0.2) is 12.7 Å². The van der Waals surface area contributed by atoms with E-state index >= 15 is 0 Å². The van der Waals surface area contributed by atoms with Crippen molar-refractivity contribution in [3.63, 3.8) is 0 Å². The van der Waals surface area contributed by atoms with Gasteiger partial charge in [-0.05, 0) is 27.7 Å². The molecular formula is C11H23NS. The summed E-state index contributed by atoms with van der Waals surface area (Å²) in [7, 11) is 0. The van der Waals surface area contributed by atoms with E-state index in [0.717, 1.165) is 5.75 Å². The zero-order valence-electron chi connectivity index (χ0n) is 9.42. The van der Waals surface area contributed by atoms with E-state index in [-0.39, 0.29) is 0 Å². The summed E-state index contributed by atoms with van der Waals surface area (Å²) in [6.45, 7) is 13.9. The van der Waals surface area contributed by atoms with Gasteiger partial charge in [0.1, 0.15) is 0 Å². The average molecular weight is 201 g/mol. The Bertz CT molecular complexity index is 124. The molecule has 0 aromatic heterocycles. The number of thioether (sulfide) groups is 1. The Morgan fingerprint density at radius 2 is 1.77 bits per heavy atom. The van der Waals surface area contributed by atoms with Crippen molar-refractivity contribution in [2.24, 2.45) is 0 Å². The van der Waals surface area contributed by atoms with Crippen molar-refractivity contribution in [1.82, 2.24) is 4.90 Å². The third-order valence-electron chi connectivity index (χ3n) is 2.06. The third kappa shape index (κ3) is 6.17. The highest BCUT2D eigenvalue weighted by atomic mass is 32.2. The predicted molar refractivity (Wildman–Crippen MR) is 64.5 cm³/mol. The molecule has 0 rings (SSSR count). The standard InChI is InChI=1S/C11H23NS/c1-6-8-13-9-7-12(10(2)3)11(4)5/h6,10-11H,1,7-9H2,2-5H3. The number of hydrogen-bond donors (Lipinski definition) is 0. The van der Waals surface area contributed by atoms with Gasteiger partial charge in [-0.2, -0.15) is 11.8 Å². The second kappa shape index (κ2) is 7.45. The highest BCUT2D eigenvalue weighted by Gasteiger charge is 2.11. The topological polar surface area (TPSA) is 3.24 Å². The Labute approximate surface area is 87.6 Å². The van der Waals surface area contributed by atoms with Gasteiger partial charge in [0.2, 0.25) is 0 Å². The molecule has 0 aliphatic carbocycles. The summed E-state index contributed by atoms with van der Waals surface area (Å²) in [6, 6.07) is 1.31. The molecular weight excluding hydrogens is 178 g/mol. The average Bonchev–Trinajstić information content (AvgIpc) is 2.02. The molecule has 0 amide bonds.